The Labute approximate surface area is 359 Å². The van der Waals surface area contributed by atoms with Crippen LogP contribution in [0.25, 0.3) is 0 Å². The normalized spacial score (nSPS) is 11.8. The van der Waals surface area contributed by atoms with E-state index < -0.39 is 20.8 Å². The van der Waals surface area contributed by atoms with Crippen LogP contribution in [-0.2, 0) is 29.2 Å². The number of unbranched alkanes of at least 4 members (excludes halogenated alkanes) is 34. The molecular formula is C42H82CaO8S2. The summed E-state index contributed by atoms with van der Waals surface area (Å²) in [7, 11) is -9.17. The summed E-state index contributed by atoms with van der Waals surface area (Å²) >= 11 is 0. The Bertz CT molecular complexity index is 894. The molecule has 0 aromatic rings. The Balaban J connectivity index is -0.000000926. The summed E-state index contributed by atoms with van der Waals surface area (Å²) in [4.78, 5) is 0. The topological polar surface area (TPSA) is 133 Å². The van der Waals surface area contributed by atoms with Crippen LogP contribution in [0.2, 0.25) is 0 Å². The van der Waals surface area contributed by atoms with E-state index in [0.29, 0.717) is 0 Å². The van der Waals surface area contributed by atoms with E-state index in [1.807, 2.05) is 0 Å². The van der Waals surface area contributed by atoms with E-state index in [1.165, 1.54) is 193 Å². The molecule has 0 unspecified atom stereocenters. The molecular weight excluding hydrogens is 737 g/mol. The SMILES string of the molecule is CCCCCCCCCCCCCCCCCCC/C=C/OS(=O)(=O)[O-].CCCCCCCCCCCCCCCCCCC/C=C/OS(=O)(=O)[O-].[Ca+2]. The molecule has 0 N–H and O–H groups in total. The molecule has 0 atom stereocenters. The van der Waals surface area contributed by atoms with E-state index in [9.17, 15) is 25.9 Å². The van der Waals surface area contributed by atoms with Gasteiger partial charge in [-0.3, -0.25) is 0 Å². The van der Waals surface area contributed by atoms with E-state index in [1.54, 1.807) is 12.2 Å². The minimum absolute atomic E-state index is 0. The number of hydrogen-bond donors (Lipinski definition) is 0. The van der Waals surface area contributed by atoms with Crippen LogP contribution in [0.3, 0.4) is 0 Å². The number of hydrogen-bond acceptors (Lipinski definition) is 8. The molecule has 53 heavy (non-hydrogen) atoms. The van der Waals surface area contributed by atoms with Crippen LogP contribution < -0.4 is 0 Å². The van der Waals surface area contributed by atoms with Gasteiger partial charge in [0.15, 0.2) is 0 Å². The van der Waals surface area contributed by atoms with Gasteiger partial charge in [-0.05, 0) is 37.8 Å². The fourth-order valence-corrected chi connectivity index (χ4v) is 6.75. The zero-order valence-corrected chi connectivity index (χ0v) is 38.4. The molecule has 0 heterocycles. The van der Waals surface area contributed by atoms with Crippen molar-refractivity contribution in [3.8, 4) is 0 Å². The first-order valence-corrected chi connectivity index (χ1v) is 24.4. The third-order valence-corrected chi connectivity index (χ3v) is 10.2. The molecule has 0 radical (unpaired) electrons. The molecule has 11 heteroatoms. The first-order valence-electron chi connectivity index (χ1n) is 21.7. The fourth-order valence-electron chi connectivity index (χ4n) is 6.32. The van der Waals surface area contributed by atoms with Crippen molar-refractivity contribution in [1.82, 2.24) is 0 Å². The molecule has 0 aromatic heterocycles. The van der Waals surface area contributed by atoms with Crippen LogP contribution in [-0.4, -0.2) is 63.7 Å². The zero-order valence-electron chi connectivity index (χ0n) is 34.6. The molecule has 8 nitrogen and oxygen atoms in total. The summed E-state index contributed by atoms with van der Waals surface area (Å²) in [6.45, 7) is 4.54. The molecule has 0 spiro atoms. The Morgan fingerprint density at radius 2 is 0.509 bits per heavy atom. The average Bonchev–Trinajstić information content (AvgIpc) is 3.09. The zero-order chi connectivity index (χ0) is 38.7. The van der Waals surface area contributed by atoms with Gasteiger partial charge in [-0.25, -0.2) is 16.8 Å². The Hall–Kier alpha value is 0.160. The minimum Gasteiger partial charge on any atom is -0.716 e. The van der Waals surface area contributed by atoms with E-state index >= 15 is 0 Å². The summed E-state index contributed by atoms with van der Waals surface area (Å²) in [6.07, 6.45) is 52.3. The van der Waals surface area contributed by atoms with Crippen LogP contribution in [0.1, 0.15) is 245 Å². The van der Waals surface area contributed by atoms with E-state index in [2.05, 4.69) is 22.2 Å². The second-order valence-electron chi connectivity index (χ2n) is 14.6. The summed E-state index contributed by atoms with van der Waals surface area (Å²) in [6, 6.07) is 0. The Morgan fingerprint density at radius 3 is 0.679 bits per heavy atom. The summed E-state index contributed by atoms with van der Waals surface area (Å²) < 4.78 is 69.2. The molecule has 0 aromatic carbocycles. The summed E-state index contributed by atoms with van der Waals surface area (Å²) in [5.74, 6) is 0. The second-order valence-corrected chi connectivity index (χ2v) is 16.7. The largest absolute Gasteiger partial charge is 2.00 e. The van der Waals surface area contributed by atoms with Gasteiger partial charge in [-0.15, -0.1) is 0 Å². The van der Waals surface area contributed by atoms with Gasteiger partial charge in [0.05, 0.1) is 0 Å². The number of rotatable bonds is 40. The van der Waals surface area contributed by atoms with Crippen LogP contribution in [0, 0.1) is 0 Å². The van der Waals surface area contributed by atoms with Gasteiger partial charge in [0.2, 0.25) is 0 Å². The molecule has 0 rings (SSSR count). The molecule has 0 saturated heterocycles. The average molecular weight is 819 g/mol. The van der Waals surface area contributed by atoms with Crippen molar-refractivity contribution in [2.75, 3.05) is 0 Å². The van der Waals surface area contributed by atoms with Crippen LogP contribution in [0.15, 0.2) is 24.7 Å². The first-order chi connectivity index (χ1) is 25.1. The van der Waals surface area contributed by atoms with Gasteiger partial charge >= 0.3 is 37.7 Å². The van der Waals surface area contributed by atoms with Crippen molar-refractivity contribution in [2.24, 2.45) is 0 Å². The van der Waals surface area contributed by atoms with Crippen LogP contribution in [0.5, 0.6) is 0 Å². The monoisotopic (exact) mass is 819 g/mol. The van der Waals surface area contributed by atoms with Gasteiger partial charge in [0.25, 0.3) is 20.8 Å². The van der Waals surface area contributed by atoms with Gasteiger partial charge in [0.1, 0.15) is 12.5 Å². The maximum absolute atomic E-state index is 10.2. The maximum Gasteiger partial charge on any atom is 2.00 e. The summed E-state index contributed by atoms with van der Waals surface area (Å²) in [5.41, 5.74) is 0. The van der Waals surface area contributed by atoms with Crippen molar-refractivity contribution in [3.63, 3.8) is 0 Å². The van der Waals surface area contributed by atoms with E-state index in [-0.39, 0.29) is 37.7 Å². The first kappa shape index (κ1) is 57.5. The van der Waals surface area contributed by atoms with E-state index in [0.717, 1.165) is 51.0 Å². The van der Waals surface area contributed by atoms with Gasteiger partial charge in [-0.2, -0.15) is 0 Å². The van der Waals surface area contributed by atoms with Crippen LogP contribution >= 0.6 is 0 Å². The van der Waals surface area contributed by atoms with Crippen molar-refractivity contribution < 1.29 is 34.3 Å². The smallest absolute Gasteiger partial charge is 0.716 e. The predicted molar refractivity (Wildman–Crippen MR) is 223 cm³/mol. The molecule has 0 aliphatic rings. The molecule has 0 aliphatic heterocycles. The van der Waals surface area contributed by atoms with Crippen molar-refractivity contribution in [2.45, 2.75) is 245 Å². The molecule has 0 bridgehead atoms. The minimum atomic E-state index is -4.58. The summed E-state index contributed by atoms with van der Waals surface area (Å²) in [5, 5.41) is 0. The maximum atomic E-state index is 10.2. The van der Waals surface area contributed by atoms with Crippen molar-refractivity contribution in [1.29, 1.82) is 0 Å². The Morgan fingerprint density at radius 1 is 0.340 bits per heavy atom. The molecule has 0 saturated carbocycles. The number of allylic oxidation sites excluding steroid dienone is 2. The molecule has 0 fully saturated rings. The molecule has 0 amide bonds. The second kappa shape index (κ2) is 46.5. The quantitative estimate of drug-likeness (QED) is 0.0196. The van der Waals surface area contributed by atoms with Crippen molar-refractivity contribution >= 4 is 58.5 Å². The van der Waals surface area contributed by atoms with Crippen molar-refractivity contribution in [3.05, 3.63) is 24.7 Å². The van der Waals surface area contributed by atoms with Gasteiger partial charge < -0.3 is 17.5 Å². The predicted octanol–water partition coefficient (Wildman–Crippen LogP) is 13.7. The van der Waals surface area contributed by atoms with Crippen LogP contribution in [0.4, 0.5) is 0 Å². The van der Waals surface area contributed by atoms with E-state index in [4.69, 9.17) is 0 Å². The third kappa shape index (κ3) is 61.6. The van der Waals surface area contributed by atoms with Gasteiger partial charge in [0, 0.05) is 0 Å². The standard InChI is InChI=1S/2C21H42O4S.Ca/c2*1-2-3-4-5-6-7-8-9-10-11-12-13-14-15-16-17-18-19-20-21-25-26(22,23)24;/h2*20-21H,2-19H2,1H3,(H,22,23,24);/q;;+2/p-2/b2*21-20+;. The van der Waals surface area contributed by atoms with Gasteiger partial charge in [-0.1, -0.05) is 219 Å². The fraction of sp³-hybridized carbons (Fsp3) is 0.905. The molecule has 0 aliphatic carbocycles. The Kier molecular flexibility index (Phi) is 50.5. The third-order valence-electron chi connectivity index (χ3n) is 9.49. The molecule has 312 valence electrons.